The van der Waals surface area contributed by atoms with Crippen LogP contribution in [0.5, 0.6) is 17.2 Å². The SMILES string of the molecule is Cc1ccccc1C(=O)Oc1ccc2c(c1)OC(N)=C(C#N)C2c1cccc(OCc2ccc(Cl)cc2)c1. The van der Waals surface area contributed by atoms with Crippen LogP contribution >= 0.6 is 11.6 Å². The highest BCUT2D eigenvalue weighted by atomic mass is 35.5. The van der Waals surface area contributed by atoms with E-state index in [0.29, 0.717) is 34.4 Å². The molecule has 1 aliphatic heterocycles. The van der Waals surface area contributed by atoms with Crippen LogP contribution in [0.15, 0.2) is 102 Å². The number of carbonyl (C=O) groups is 1. The number of aryl methyl sites for hydroxylation is 1. The van der Waals surface area contributed by atoms with Crippen molar-refractivity contribution >= 4 is 17.6 Å². The number of allylic oxidation sites excluding steroid dienone is 1. The molecule has 1 atom stereocenters. The Hall–Kier alpha value is -4.73. The average molecular weight is 523 g/mol. The Bertz CT molecular complexity index is 1590. The number of hydrogen-bond donors (Lipinski definition) is 1. The van der Waals surface area contributed by atoms with Crippen molar-refractivity contribution in [1.29, 1.82) is 5.26 Å². The molecule has 0 radical (unpaired) electrons. The van der Waals surface area contributed by atoms with Crippen molar-refractivity contribution in [3.05, 3.63) is 135 Å². The summed E-state index contributed by atoms with van der Waals surface area (Å²) in [4.78, 5) is 12.7. The van der Waals surface area contributed by atoms with Gasteiger partial charge >= 0.3 is 5.97 Å². The van der Waals surface area contributed by atoms with Gasteiger partial charge in [-0.15, -0.1) is 0 Å². The summed E-state index contributed by atoms with van der Waals surface area (Å²) in [5, 5.41) is 10.6. The fourth-order valence-electron chi connectivity index (χ4n) is 4.34. The number of fused-ring (bicyclic) bond motifs is 1. The molecule has 1 unspecified atom stereocenters. The van der Waals surface area contributed by atoms with Gasteiger partial charge in [0.1, 0.15) is 35.5 Å². The lowest BCUT2D eigenvalue weighted by atomic mass is 9.83. The zero-order valence-electron chi connectivity index (χ0n) is 20.5. The molecule has 0 amide bonds. The van der Waals surface area contributed by atoms with Gasteiger partial charge in [0.25, 0.3) is 0 Å². The normalized spacial score (nSPS) is 14.2. The minimum atomic E-state index is -0.482. The van der Waals surface area contributed by atoms with Crippen molar-refractivity contribution in [2.45, 2.75) is 19.4 Å². The van der Waals surface area contributed by atoms with E-state index in [2.05, 4.69) is 6.07 Å². The maximum Gasteiger partial charge on any atom is 0.343 e. The molecule has 0 bridgehead atoms. The van der Waals surface area contributed by atoms with Gasteiger partial charge in [0.2, 0.25) is 5.88 Å². The zero-order chi connectivity index (χ0) is 26.6. The topological polar surface area (TPSA) is 94.6 Å². The Labute approximate surface area is 225 Å². The summed E-state index contributed by atoms with van der Waals surface area (Å²) in [7, 11) is 0. The molecule has 6 nitrogen and oxygen atoms in total. The Morgan fingerprint density at radius 1 is 1.00 bits per heavy atom. The van der Waals surface area contributed by atoms with Crippen molar-refractivity contribution in [3.63, 3.8) is 0 Å². The fraction of sp³-hybridized carbons (Fsp3) is 0.0968. The summed E-state index contributed by atoms with van der Waals surface area (Å²) >= 11 is 5.97. The highest BCUT2D eigenvalue weighted by molar-refractivity contribution is 6.30. The fourth-order valence-corrected chi connectivity index (χ4v) is 4.46. The highest BCUT2D eigenvalue weighted by Crippen LogP contribution is 2.44. The molecule has 0 saturated carbocycles. The van der Waals surface area contributed by atoms with Crippen LogP contribution in [0.25, 0.3) is 0 Å². The minimum Gasteiger partial charge on any atom is -0.489 e. The van der Waals surface area contributed by atoms with E-state index in [1.807, 2.05) is 67.6 Å². The van der Waals surface area contributed by atoms with Crippen LogP contribution in [-0.2, 0) is 6.61 Å². The number of ether oxygens (including phenoxy) is 3. The third kappa shape index (κ3) is 5.19. The smallest absolute Gasteiger partial charge is 0.343 e. The number of rotatable bonds is 6. The third-order valence-electron chi connectivity index (χ3n) is 6.28. The van der Waals surface area contributed by atoms with Crippen molar-refractivity contribution in [2.75, 3.05) is 0 Å². The standard InChI is InChI=1S/C31H23ClN2O4/c1-19-5-2-3-8-25(19)31(35)37-24-13-14-26-28(16-24)38-30(34)27(17-33)29(26)21-6-4-7-23(15-21)36-18-20-9-11-22(32)12-10-20/h2-16,29H,18,34H2,1H3. The van der Waals surface area contributed by atoms with Crippen LogP contribution in [0, 0.1) is 18.3 Å². The monoisotopic (exact) mass is 522 g/mol. The van der Waals surface area contributed by atoms with Crippen LogP contribution in [-0.4, -0.2) is 5.97 Å². The van der Waals surface area contributed by atoms with Crippen molar-refractivity contribution in [1.82, 2.24) is 0 Å². The van der Waals surface area contributed by atoms with Gasteiger partial charge in [-0.05, 0) is 60.0 Å². The van der Waals surface area contributed by atoms with Gasteiger partial charge in [0.15, 0.2) is 0 Å². The Morgan fingerprint density at radius 2 is 1.79 bits per heavy atom. The summed E-state index contributed by atoms with van der Waals surface area (Å²) in [5.74, 6) is 0.411. The molecule has 1 aliphatic rings. The lowest BCUT2D eigenvalue weighted by molar-refractivity contribution is 0.0733. The van der Waals surface area contributed by atoms with E-state index in [-0.39, 0.29) is 11.5 Å². The first-order valence-electron chi connectivity index (χ1n) is 11.9. The second-order valence-corrected chi connectivity index (χ2v) is 9.25. The molecule has 0 aliphatic carbocycles. The van der Waals surface area contributed by atoms with E-state index in [0.717, 1.165) is 22.3 Å². The predicted octanol–water partition coefficient (Wildman–Crippen LogP) is 6.66. The number of nitrogens with two attached hydrogens (primary N) is 1. The number of carbonyl (C=O) groups excluding carboxylic acids is 1. The lowest BCUT2D eigenvalue weighted by Crippen LogP contribution is -2.21. The number of esters is 1. The van der Waals surface area contributed by atoms with Crippen LogP contribution in [0.3, 0.4) is 0 Å². The molecular formula is C31H23ClN2O4. The second-order valence-electron chi connectivity index (χ2n) is 8.82. The van der Waals surface area contributed by atoms with Gasteiger partial charge in [0, 0.05) is 16.7 Å². The highest BCUT2D eigenvalue weighted by Gasteiger charge is 2.31. The number of benzene rings is 4. The first-order valence-corrected chi connectivity index (χ1v) is 12.3. The Kier molecular flexibility index (Phi) is 7.03. The molecule has 38 heavy (non-hydrogen) atoms. The van der Waals surface area contributed by atoms with Crippen molar-refractivity contribution < 1.29 is 19.0 Å². The average Bonchev–Trinajstić information content (AvgIpc) is 2.92. The van der Waals surface area contributed by atoms with Crippen LogP contribution < -0.4 is 19.9 Å². The minimum absolute atomic E-state index is 0.000124. The predicted molar refractivity (Wildman–Crippen MR) is 144 cm³/mol. The van der Waals surface area contributed by atoms with Gasteiger partial charge in [-0.2, -0.15) is 5.26 Å². The summed E-state index contributed by atoms with van der Waals surface area (Å²) in [6.45, 7) is 2.21. The molecule has 0 fully saturated rings. The number of nitrogens with zero attached hydrogens (tertiary/aromatic N) is 1. The van der Waals surface area contributed by atoms with E-state index >= 15 is 0 Å². The molecule has 0 saturated heterocycles. The van der Waals surface area contributed by atoms with Gasteiger partial charge in [-0.25, -0.2) is 4.79 Å². The van der Waals surface area contributed by atoms with Crippen molar-refractivity contribution in [3.8, 4) is 23.3 Å². The first-order chi connectivity index (χ1) is 18.4. The van der Waals surface area contributed by atoms with Gasteiger partial charge < -0.3 is 19.9 Å². The largest absolute Gasteiger partial charge is 0.489 e. The number of halogens is 1. The maximum atomic E-state index is 12.7. The van der Waals surface area contributed by atoms with Crippen LogP contribution in [0.1, 0.15) is 38.5 Å². The molecule has 4 aromatic carbocycles. The van der Waals surface area contributed by atoms with Crippen LogP contribution in [0.2, 0.25) is 5.02 Å². The summed E-state index contributed by atoms with van der Waals surface area (Å²) in [6.07, 6.45) is 0. The number of nitriles is 1. The zero-order valence-corrected chi connectivity index (χ0v) is 21.2. The molecule has 1 heterocycles. The van der Waals surface area contributed by atoms with Gasteiger partial charge in [0.05, 0.1) is 11.5 Å². The molecule has 0 spiro atoms. The van der Waals surface area contributed by atoms with E-state index in [1.54, 1.807) is 30.3 Å². The molecule has 4 aromatic rings. The van der Waals surface area contributed by atoms with Crippen LogP contribution in [0.4, 0.5) is 0 Å². The first kappa shape index (κ1) is 24.9. The molecule has 5 rings (SSSR count). The van der Waals surface area contributed by atoms with E-state index in [4.69, 9.17) is 31.5 Å². The summed E-state index contributed by atoms with van der Waals surface area (Å²) in [6, 6.07) is 29.4. The third-order valence-corrected chi connectivity index (χ3v) is 6.53. The molecule has 0 aromatic heterocycles. The maximum absolute atomic E-state index is 12.7. The number of hydrogen-bond acceptors (Lipinski definition) is 6. The Balaban J connectivity index is 1.42. The van der Waals surface area contributed by atoms with Gasteiger partial charge in [-0.3, -0.25) is 0 Å². The van der Waals surface area contributed by atoms with E-state index in [1.165, 1.54) is 0 Å². The summed E-state index contributed by atoms with van der Waals surface area (Å²) < 4.78 is 17.4. The molecule has 2 N–H and O–H groups in total. The molecule has 188 valence electrons. The quantitative estimate of drug-likeness (QED) is 0.224. The second kappa shape index (κ2) is 10.7. The van der Waals surface area contributed by atoms with Gasteiger partial charge in [-0.1, -0.05) is 60.1 Å². The van der Waals surface area contributed by atoms with Crippen molar-refractivity contribution in [2.24, 2.45) is 5.73 Å². The van der Waals surface area contributed by atoms with E-state index < -0.39 is 11.9 Å². The molecule has 7 heteroatoms. The van der Waals surface area contributed by atoms with E-state index in [9.17, 15) is 10.1 Å². The lowest BCUT2D eigenvalue weighted by Gasteiger charge is -2.27. The Morgan fingerprint density at radius 3 is 2.55 bits per heavy atom. The summed E-state index contributed by atoms with van der Waals surface area (Å²) in [5.41, 5.74) is 10.3. The molecular weight excluding hydrogens is 500 g/mol.